The van der Waals surface area contributed by atoms with Crippen molar-refractivity contribution in [2.45, 2.75) is 19.5 Å². The van der Waals surface area contributed by atoms with Crippen molar-refractivity contribution in [3.05, 3.63) is 22.7 Å². The SMILES string of the molecule is COCCN1CCN(Cc2nc(-c3ccsc3)no2)CC1C. The fourth-order valence-corrected chi connectivity index (χ4v) is 3.41. The molecule has 1 saturated heterocycles. The van der Waals surface area contributed by atoms with Crippen LogP contribution in [0.25, 0.3) is 11.4 Å². The highest BCUT2D eigenvalue weighted by Gasteiger charge is 2.24. The summed E-state index contributed by atoms with van der Waals surface area (Å²) in [4.78, 5) is 9.33. The second kappa shape index (κ2) is 7.32. The average molecular weight is 322 g/mol. The topological polar surface area (TPSA) is 54.6 Å². The molecule has 0 aromatic carbocycles. The number of thiophene rings is 1. The first-order valence-electron chi connectivity index (χ1n) is 7.57. The van der Waals surface area contributed by atoms with E-state index in [-0.39, 0.29) is 0 Å². The van der Waals surface area contributed by atoms with Crippen molar-refractivity contribution in [3.63, 3.8) is 0 Å². The Morgan fingerprint density at radius 3 is 3.09 bits per heavy atom. The van der Waals surface area contributed by atoms with Gasteiger partial charge in [0.1, 0.15) is 0 Å². The molecule has 6 nitrogen and oxygen atoms in total. The Labute approximate surface area is 134 Å². The monoisotopic (exact) mass is 322 g/mol. The van der Waals surface area contributed by atoms with Gasteiger partial charge in [-0.1, -0.05) is 5.16 Å². The molecule has 0 N–H and O–H groups in total. The second-order valence-corrected chi connectivity index (χ2v) is 6.42. The molecule has 0 saturated carbocycles. The number of nitrogens with zero attached hydrogens (tertiary/aromatic N) is 4. The van der Waals surface area contributed by atoms with E-state index in [0.717, 1.165) is 44.9 Å². The molecule has 0 radical (unpaired) electrons. The number of piperazine rings is 1. The molecule has 120 valence electrons. The lowest BCUT2D eigenvalue weighted by atomic mass is 10.2. The minimum Gasteiger partial charge on any atom is -0.383 e. The van der Waals surface area contributed by atoms with Gasteiger partial charge in [0.2, 0.25) is 11.7 Å². The molecule has 1 atom stereocenters. The summed E-state index contributed by atoms with van der Waals surface area (Å²) in [5.74, 6) is 1.38. The van der Waals surface area contributed by atoms with E-state index in [1.54, 1.807) is 18.4 Å². The van der Waals surface area contributed by atoms with Gasteiger partial charge in [-0.3, -0.25) is 9.80 Å². The van der Waals surface area contributed by atoms with Crippen LogP contribution in [0.15, 0.2) is 21.3 Å². The van der Waals surface area contributed by atoms with Crippen molar-refractivity contribution < 1.29 is 9.26 Å². The fraction of sp³-hybridized carbons (Fsp3) is 0.600. The summed E-state index contributed by atoms with van der Waals surface area (Å²) in [6.07, 6.45) is 0. The lowest BCUT2D eigenvalue weighted by Crippen LogP contribution is -2.52. The summed E-state index contributed by atoms with van der Waals surface area (Å²) in [5.41, 5.74) is 1.03. The van der Waals surface area contributed by atoms with Gasteiger partial charge in [0, 0.05) is 50.3 Å². The third-order valence-electron chi connectivity index (χ3n) is 4.04. The van der Waals surface area contributed by atoms with Crippen molar-refractivity contribution >= 4 is 11.3 Å². The van der Waals surface area contributed by atoms with Crippen LogP contribution < -0.4 is 0 Å². The standard InChI is InChI=1S/C15H22N4O2S/c1-12-9-18(4-5-19(12)6-7-20-2)10-14-16-15(17-21-14)13-3-8-22-11-13/h3,8,11-12H,4-7,9-10H2,1-2H3. The maximum atomic E-state index is 5.39. The van der Waals surface area contributed by atoms with Gasteiger partial charge in [-0.05, 0) is 18.4 Å². The van der Waals surface area contributed by atoms with Crippen molar-refractivity contribution in [1.29, 1.82) is 0 Å². The minimum atomic E-state index is 0.517. The third kappa shape index (κ3) is 3.73. The van der Waals surface area contributed by atoms with Crippen molar-refractivity contribution in [2.24, 2.45) is 0 Å². The Balaban J connectivity index is 1.54. The van der Waals surface area contributed by atoms with E-state index in [2.05, 4.69) is 26.9 Å². The molecule has 7 heteroatoms. The molecule has 3 rings (SSSR count). The first-order valence-corrected chi connectivity index (χ1v) is 8.51. The van der Waals surface area contributed by atoms with E-state index in [4.69, 9.17) is 9.26 Å². The van der Waals surface area contributed by atoms with Gasteiger partial charge in [-0.15, -0.1) is 0 Å². The average Bonchev–Trinajstić information content (AvgIpc) is 3.17. The molecule has 3 heterocycles. The van der Waals surface area contributed by atoms with Gasteiger partial charge in [-0.2, -0.15) is 16.3 Å². The van der Waals surface area contributed by atoms with Crippen LogP contribution in [-0.2, 0) is 11.3 Å². The maximum Gasteiger partial charge on any atom is 0.241 e. The smallest absolute Gasteiger partial charge is 0.241 e. The molecule has 1 aliphatic rings. The van der Waals surface area contributed by atoms with E-state index < -0.39 is 0 Å². The summed E-state index contributed by atoms with van der Waals surface area (Å²) < 4.78 is 10.6. The second-order valence-electron chi connectivity index (χ2n) is 5.64. The minimum absolute atomic E-state index is 0.517. The third-order valence-corrected chi connectivity index (χ3v) is 4.72. The van der Waals surface area contributed by atoms with Gasteiger partial charge in [0.05, 0.1) is 13.2 Å². The molecule has 2 aromatic rings. The fourth-order valence-electron chi connectivity index (χ4n) is 2.77. The Hall–Kier alpha value is -1.28. The molecule has 0 bridgehead atoms. The molecule has 0 spiro atoms. The predicted octanol–water partition coefficient (Wildman–Crippen LogP) is 1.95. The van der Waals surface area contributed by atoms with Crippen molar-refractivity contribution in [1.82, 2.24) is 19.9 Å². The molecule has 0 aliphatic carbocycles. The summed E-state index contributed by atoms with van der Waals surface area (Å²) in [7, 11) is 1.75. The van der Waals surface area contributed by atoms with Crippen molar-refractivity contribution in [2.75, 3.05) is 39.9 Å². The zero-order chi connectivity index (χ0) is 15.4. The van der Waals surface area contributed by atoms with Crippen LogP contribution >= 0.6 is 11.3 Å². The summed E-state index contributed by atoms with van der Waals surface area (Å²) >= 11 is 1.64. The van der Waals surface area contributed by atoms with Crippen LogP contribution in [0.4, 0.5) is 0 Å². The van der Waals surface area contributed by atoms with E-state index in [1.807, 2.05) is 16.8 Å². The lowest BCUT2D eigenvalue weighted by molar-refractivity contribution is 0.0512. The number of hydrogen-bond donors (Lipinski definition) is 0. The van der Waals surface area contributed by atoms with E-state index in [9.17, 15) is 0 Å². The van der Waals surface area contributed by atoms with Gasteiger partial charge >= 0.3 is 0 Å². The van der Waals surface area contributed by atoms with E-state index in [1.165, 1.54) is 0 Å². The highest BCUT2D eigenvalue weighted by atomic mass is 32.1. The molecule has 22 heavy (non-hydrogen) atoms. The predicted molar refractivity (Wildman–Crippen MR) is 85.8 cm³/mol. The van der Waals surface area contributed by atoms with Gasteiger partial charge in [-0.25, -0.2) is 0 Å². The zero-order valence-corrected chi connectivity index (χ0v) is 13.9. The molecular formula is C15H22N4O2S. The number of rotatable bonds is 6. The van der Waals surface area contributed by atoms with Crippen LogP contribution in [-0.4, -0.2) is 65.9 Å². The van der Waals surface area contributed by atoms with Crippen LogP contribution in [0, 0.1) is 0 Å². The van der Waals surface area contributed by atoms with E-state index in [0.29, 0.717) is 17.8 Å². The molecule has 1 unspecified atom stereocenters. The molecule has 1 fully saturated rings. The number of hydrogen-bond acceptors (Lipinski definition) is 7. The Morgan fingerprint density at radius 1 is 1.45 bits per heavy atom. The highest BCUT2D eigenvalue weighted by molar-refractivity contribution is 7.08. The summed E-state index contributed by atoms with van der Waals surface area (Å²) in [6.45, 7) is 7.85. The van der Waals surface area contributed by atoms with Crippen LogP contribution in [0.1, 0.15) is 12.8 Å². The van der Waals surface area contributed by atoms with Crippen LogP contribution in [0.3, 0.4) is 0 Å². The number of aromatic nitrogens is 2. The Morgan fingerprint density at radius 2 is 2.36 bits per heavy atom. The summed E-state index contributed by atoms with van der Waals surface area (Å²) in [5, 5.41) is 8.12. The van der Waals surface area contributed by atoms with Crippen LogP contribution in [0.2, 0.25) is 0 Å². The zero-order valence-electron chi connectivity index (χ0n) is 13.1. The highest BCUT2D eigenvalue weighted by Crippen LogP contribution is 2.19. The molecule has 1 aliphatic heterocycles. The van der Waals surface area contributed by atoms with Gasteiger partial charge in [0.15, 0.2) is 0 Å². The maximum absolute atomic E-state index is 5.39. The number of ether oxygens (including phenoxy) is 1. The first kappa shape index (κ1) is 15.6. The lowest BCUT2D eigenvalue weighted by Gasteiger charge is -2.39. The van der Waals surface area contributed by atoms with Crippen LogP contribution in [0.5, 0.6) is 0 Å². The normalized spacial score (nSPS) is 20.5. The molecule has 0 amide bonds. The largest absolute Gasteiger partial charge is 0.383 e. The number of methoxy groups -OCH3 is 1. The van der Waals surface area contributed by atoms with Crippen molar-refractivity contribution in [3.8, 4) is 11.4 Å². The first-order chi connectivity index (χ1) is 10.8. The van der Waals surface area contributed by atoms with E-state index >= 15 is 0 Å². The quantitative estimate of drug-likeness (QED) is 0.810. The van der Waals surface area contributed by atoms with Gasteiger partial charge in [0.25, 0.3) is 0 Å². The molecule has 2 aromatic heterocycles. The molecular weight excluding hydrogens is 300 g/mol. The van der Waals surface area contributed by atoms with Gasteiger partial charge < -0.3 is 9.26 Å². The summed E-state index contributed by atoms with van der Waals surface area (Å²) in [6, 6.07) is 2.53. The Bertz CT molecular complexity index is 572. The Kier molecular flexibility index (Phi) is 5.20.